The zero-order valence-corrected chi connectivity index (χ0v) is 13.5. The summed E-state index contributed by atoms with van der Waals surface area (Å²) >= 11 is 5.03. The summed E-state index contributed by atoms with van der Waals surface area (Å²) in [4.78, 5) is 0.222. The molecule has 1 aliphatic rings. The maximum atomic E-state index is 12.3. The van der Waals surface area contributed by atoms with Gasteiger partial charge in [-0.15, -0.1) is 0 Å². The molecule has 4 nitrogen and oxygen atoms in total. The minimum Gasteiger partial charge on any atom is -0.392 e. The van der Waals surface area contributed by atoms with Crippen molar-refractivity contribution in [1.82, 2.24) is 4.72 Å². The Morgan fingerprint density at radius 3 is 2.84 bits per heavy atom. The van der Waals surface area contributed by atoms with E-state index in [2.05, 4.69) is 20.7 Å². The highest BCUT2D eigenvalue weighted by molar-refractivity contribution is 9.10. The first-order valence-corrected chi connectivity index (χ1v) is 9.45. The van der Waals surface area contributed by atoms with Crippen LogP contribution in [0.5, 0.6) is 0 Å². The summed E-state index contributed by atoms with van der Waals surface area (Å²) in [7, 11) is -3.51. The van der Waals surface area contributed by atoms with Gasteiger partial charge in [0, 0.05) is 16.3 Å². The first-order chi connectivity index (χ1) is 9.03. The molecule has 0 aromatic heterocycles. The van der Waals surface area contributed by atoms with Crippen molar-refractivity contribution in [1.29, 1.82) is 0 Å². The SMILES string of the molecule is O=S(=O)(NC1CCCSC1)c1ccc(CO)cc1Br. The number of benzene rings is 1. The number of aliphatic hydroxyl groups is 1. The Bertz CT molecular complexity index is 542. The Labute approximate surface area is 126 Å². The summed E-state index contributed by atoms with van der Waals surface area (Å²) in [5.41, 5.74) is 0.680. The second-order valence-electron chi connectivity index (χ2n) is 4.46. The van der Waals surface area contributed by atoms with Gasteiger partial charge in [-0.05, 0) is 52.2 Å². The standard InChI is InChI=1S/C12H16BrNO3S2/c13-11-6-9(7-15)3-4-12(11)19(16,17)14-10-2-1-5-18-8-10/h3-4,6,10,14-15H,1-2,5,7-8H2. The van der Waals surface area contributed by atoms with Crippen LogP contribution in [0, 0.1) is 0 Å². The number of thioether (sulfide) groups is 1. The van der Waals surface area contributed by atoms with E-state index < -0.39 is 10.0 Å². The van der Waals surface area contributed by atoms with Crippen molar-refractivity contribution in [3.8, 4) is 0 Å². The molecule has 106 valence electrons. The molecule has 0 aliphatic carbocycles. The number of aliphatic hydroxyl groups excluding tert-OH is 1. The van der Waals surface area contributed by atoms with Gasteiger partial charge in [-0.25, -0.2) is 13.1 Å². The molecule has 0 radical (unpaired) electrons. The number of nitrogens with one attached hydrogen (secondary N) is 1. The number of sulfonamides is 1. The van der Waals surface area contributed by atoms with Crippen molar-refractivity contribution < 1.29 is 13.5 Å². The summed E-state index contributed by atoms with van der Waals surface area (Å²) in [6, 6.07) is 4.78. The molecule has 0 amide bonds. The minimum absolute atomic E-state index is 0.00756. The number of hydrogen-bond acceptors (Lipinski definition) is 4. The van der Waals surface area contributed by atoms with Crippen LogP contribution < -0.4 is 4.72 Å². The Balaban J connectivity index is 2.18. The molecule has 7 heteroatoms. The van der Waals surface area contributed by atoms with E-state index in [0.717, 1.165) is 24.3 Å². The molecule has 1 atom stereocenters. The van der Waals surface area contributed by atoms with Crippen molar-refractivity contribution in [2.24, 2.45) is 0 Å². The monoisotopic (exact) mass is 365 g/mol. The van der Waals surface area contributed by atoms with Crippen molar-refractivity contribution >= 4 is 37.7 Å². The van der Waals surface area contributed by atoms with Gasteiger partial charge in [-0.2, -0.15) is 11.8 Å². The Kier molecular flexibility index (Phi) is 5.30. The largest absolute Gasteiger partial charge is 0.392 e. The third-order valence-electron chi connectivity index (χ3n) is 2.95. The van der Waals surface area contributed by atoms with Crippen molar-refractivity contribution in [3.05, 3.63) is 28.2 Å². The third-order valence-corrected chi connectivity index (χ3v) is 6.66. The molecule has 0 saturated carbocycles. The molecule has 2 N–H and O–H groups in total. The van der Waals surface area contributed by atoms with E-state index in [1.54, 1.807) is 23.9 Å². The van der Waals surface area contributed by atoms with Gasteiger partial charge < -0.3 is 5.11 Å². The van der Waals surface area contributed by atoms with Crippen molar-refractivity contribution in [2.45, 2.75) is 30.4 Å². The smallest absolute Gasteiger partial charge is 0.241 e. The lowest BCUT2D eigenvalue weighted by Gasteiger charge is -2.22. The number of rotatable bonds is 4. The molecule has 1 aromatic carbocycles. The van der Waals surface area contributed by atoms with Gasteiger partial charge in [-0.1, -0.05) is 6.07 Å². The fraction of sp³-hybridized carbons (Fsp3) is 0.500. The van der Waals surface area contributed by atoms with E-state index in [1.165, 1.54) is 6.07 Å². The van der Waals surface area contributed by atoms with Crippen molar-refractivity contribution in [3.63, 3.8) is 0 Å². The quantitative estimate of drug-likeness (QED) is 0.857. The molecule has 0 bridgehead atoms. The van der Waals surface area contributed by atoms with Gasteiger partial charge in [0.25, 0.3) is 0 Å². The van der Waals surface area contributed by atoms with Gasteiger partial charge >= 0.3 is 0 Å². The van der Waals surface area contributed by atoms with Crippen LogP contribution in [0.4, 0.5) is 0 Å². The summed E-state index contributed by atoms with van der Waals surface area (Å²) in [5, 5.41) is 9.03. The number of hydrogen-bond donors (Lipinski definition) is 2. The van der Waals surface area contributed by atoms with Gasteiger partial charge in [0.2, 0.25) is 10.0 Å². The predicted molar refractivity (Wildman–Crippen MR) is 80.7 cm³/mol. The predicted octanol–water partition coefficient (Wildman–Crippen LogP) is 2.12. The normalized spacial score (nSPS) is 20.4. The molecule has 1 fully saturated rings. The highest BCUT2D eigenvalue weighted by Gasteiger charge is 2.23. The Hall–Kier alpha value is -0.0800. The third kappa shape index (κ3) is 3.95. The highest BCUT2D eigenvalue weighted by atomic mass is 79.9. The van der Waals surface area contributed by atoms with Gasteiger partial charge in [0.05, 0.1) is 11.5 Å². The van der Waals surface area contributed by atoms with E-state index in [1.807, 2.05) is 0 Å². The van der Waals surface area contributed by atoms with Gasteiger partial charge in [-0.3, -0.25) is 0 Å². The molecule has 0 spiro atoms. The van der Waals surface area contributed by atoms with E-state index in [0.29, 0.717) is 10.0 Å². The zero-order chi connectivity index (χ0) is 13.9. The van der Waals surface area contributed by atoms with E-state index in [4.69, 9.17) is 5.11 Å². The van der Waals surface area contributed by atoms with Crippen molar-refractivity contribution in [2.75, 3.05) is 11.5 Å². The number of halogens is 1. The van der Waals surface area contributed by atoms with E-state index in [-0.39, 0.29) is 17.5 Å². The fourth-order valence-electron chi connectivity index (χ4n) is 1.98. The molecule has 1 aliphatic heterocycles. The van der Waals surface area contributed by atoms with Crippen LogP contribution in [-0.4, -0.2) is 31.1 Å². The maximum absolute atomic E-state index is 12.3. The molecular weight excluding hydrogens is 350 g/mol. The lowest BCUT2D eigenvalue weighted by Crippen LogP contribution is -2.38. The molecule has 1 heterocycles. The molecule has 2 rings (SSSR count). The molecular formula is C12H16BrNO3S2. The van der Waals surface area contributed by atoms with Crippen LogP contribution in [0.1, 0.15) is 18.4 Å². The second kappa shape index (κ2) is 6.58. The average molecular weight is 366 g/mol. The Morgan fingerprint density at radius 2 is 2.26 bits per heavy atom. The lowest BCUT2D eigenvalue weighted by molar-refractivity contribution is 0.281. The lowest BCUT2D eigenvalue weighted by atomic mass is 10.2. The first-order valence-electron chi connectivity index (χ1n) is 6.02. The highest BCUT2D eigenvalue weighted by Crippen LogP contribution is 2.25. The molecule has 1 saturated heterocycles. The zero-order valence-electron chi connectivity index (χ0n) is 10.3. The van der Waals surface area contributed by atoms with Crippen LogP contribution in [0.2, 0.25) is 0 Å². The van der Waals surface area contributed by atoms with E-state index >= 15 is 0 Å². The topological polar surface area (TPSA) is 66.4 Å². The van der Waals surface area contributed by atoms with E-state index in [9.17, 15) is 8.42 Å². The minimum atomic E-state index is -3.51. The summed E-state index contributed by atoms with van der Waals surface area (Å²) in [6.45, 7) is -0.106. The average Bonchev–Trinajstić information content (AvgIpc) is 2.38. The molecule has 1 unspecified atom stereocenters. The molecule has 1 aromatic rings. The van der Waals surface area contributed by atoms with Crippen LogP contribution in [-0.2, 0) is 16.6 Å². The van der Waals surface area contributed by atoms with Crippen LogP contribution in [0.15, 0.2) is 27.6 Å². The summed E-state index contributed by atoms with van der Waals surface area (Å²) in [6.07, 6.45) is 1.93. The first kappa shape index (κ1) is 15.3. The van der Waals surface area contributed by atoms with Gasteiger partial charge in [0.1, 0.15) is 0 Å². The summed E-state index contributed by atoms with van der Waals surface area (Å²) < 4.78 is 27.8. The van der Waals surface area contributed by atoms with Crippen LogP contribution in [0.25, 0.3) is 0 Å². The van der Waals surface area contributed by atoms with Crippen LogP contribution in [0.3, 0.4) is 0 Å². The van der Waals surface area contributed by atoms with Gasteiger partial charge in [0.15, 0.2) is 0 Å². The molecule has 19 heavy (non-hydrogen) atoms. The fourth-order valence-corrected chi connectivity index (χ4v) is 5.55. The Morgan fingerprint density at radius 1 is 1.47 bits per heavy atom. The second-order valence-corrected chi connectivity index (χ2v) is 8.14. The maximum Gasteiger partial charge on any atom is 0.241 e. The summed E-state index contributed by atoms with van der Waals surface area (Å²) in [5.74, 6) is 1.93. The van der Waals surface area contributed by atoms with Crippen LogP contribution >= 0.6 is 27.7 Å².